The lowest BCUT2D eigenvalue weighted by Gasteiger charge is -2.05. The minimum Gasteiger partial charge on any atom is -0.408 e. The van der Waals surface area contributed by atoms with Crippen LogP contribution in [0.15, 0.2) is 33.5 Å². The van der Waals surface area contributed by atoms with Gasteiger partial charge >= 0.3 is 5.76 Å². The van der Waals surface area contributed by atoms with Crippen LogP contribution in [0.4, 0.5) is 0 Å². The van der Waals surface area contributed by atoms with Crippen molar-refractivity contribution in [3.63, 3.8) is 0 Å². The Labute approximate surface area is 105 Å². The van der Waals surface area contributed by atoms with Crippen molar-refractivity contribution in [3.05, 3.63) is 34.8 Å². The SMILES string of the molecule is CCOCCNCCn1c(=O)oc2ccccc21. The Balaban J connectivity index is 1.91. The molecule has 2 aromatic rings. The zero-order valence-electron chi connectivity index (χ0n) is 10.5. The van der Waals surface area contributed by atoms with E-state index in [1.165, 1.54) is 0 Å². The average molecular weight is 250 g/mol. The maximum absolute atomic E-state index is 11.6. The van der Waals surface area contributed by atoms with Crippen LogP contribution in [0.3, 0.4) is 0 Å². The van der Waals surface area contributed by atoms with E-state index in [4.69, 9.17) is 9.15 Å². The molecule has 0 aliphatic carbocycles. The summed E-state index contributed by atoms with van der Waals surface area (Å²) in [7, 11) is 0. The summed E-state index contributed by atoms with van der Waals surface area (Å²) in [5, 5.41) is 3.22. The van der Waals surface area contributed by atoms with Gasteiger partial charge < -0.3 is 14.5 Å². The molecule has 5 heteroatoms. The van der Waals surface area contributed by atoms with Gasteiger partial charge in [-0.15, -0.1) is 0 Å². The van der Waals surface area contributed by atoms with Gasteiger partial charge in [0.2, 0.25) is 0 Å². The van der Waals surface area contributed by atoms with E-state index >= 15 is 0 Å². The molecular weight excluding hydrogens is 232 g/mol. The van der Waals surface area contributed by atoms with Gasteiger partial charge in [-0.3, -0.25) is 4.57 Å². The summed E-state index contributed by atoms with van der Waals surface area (Å²) < 4.78 is 12.0. The van der Waals surface area contributed by atoms with Crippen molar-refractivity contribution >= 4 is 11.1 Å². The van der Waals surface area contributed by atoms with Crippen molar-refractivity contribution < 1.29 is 9.15 Å². The third-order valence-corrected chi connectivity index (χ3v) is 2.71. The Morgan fingerprint density at radius 3 is 3.00 bits per heavy atom. The van der Waals surface area contributed by atoms with Gasteiger partial charge in [0.1, 0.15) is 0 Å². The lowest BCUT2D eigenvalue weighted by Crippen LogP contribution is -2.27. The molecule has 0 saturated heterocycles. The lowest BCUT2D eigenvalue weighted by atomic mass is 10.3. The molecule has 0 spiro atoms. The van der Waals surface area contributed by atoms with Crippen molar-refractivity contribution in [3.8, 4) is 0 Å². The highest BCUT2D eigenvalue weighted by atomic mass is 16.5. The van der Waals surface area contributed by atoms with Crippen LogP contribution in [-0.2, 0) is 11.3 Å². The Hall–Kier alpha value is -1.59. The first kappa shape index (κ1) is 12.9. The number of aromatic nitrogens is 1. The molecule has 98 valence electrons. The number of ether oxygens (including phenoxy) is 1. The molecule has 0 fully saturated rings. The fourth-order valence-electron chi connectivity index (χ4n) is 1.83. The molecule has 1 heterocycles. The van der Waals surface area contributed by atoms with E-state index in [1.54, 1.807) is 10.6 Å². The molecule has 1 aromatic heterocycles. The summed E-state index contributed by atoms with van der Waals surface area (Å²) in [5.74, 6) is -0.303. The fraction of sp³-hybridized carbons (Fsp3) is 0.462. The van der Waals surface area contributed by atoms with Gasteiger partial charge in [-0.05, 0) is 19.1 Å². The second-order valence-electron chi connectivity index (χ2n) is 3.93. The van der Waals surface area contributed by atoms with Crippen molar-refractivity contribution in [2.75, 3.05) is 26.3 Å². The fourth-order valence-corrected chi connectivity index (χ4v) is 1.83. The highest BCUT2D eigenvalue weighted by Gasteiger charge is 2.07. The van der Waals surface area contributed by atoms with E-state index in [0.717, 1.165) is 25.2 Å². The average Bonchev–Trinajstić information content (AvgIpc) is 2.70. The van der Waals surface area contributed by atoms with E-state index in [9.17, 15) is 4.79 Å². The summed E-state index contributed by atoms with van der Waals surface area (Å²) in [6, 6.07) is 7.45. The summed E-state index contributed by atoms with van der Waals surface area (Å²) >= 11 is 0. The summed E-state index contributed by atoms with van der Waals surface area (Å²) in [6.45, 7) is 5.50. The molecule has 0 saturated carbocycles. The molecule has 2 rings (SSSR count). The van der Waals surface area contributed by atoms with Crippen LogP contribution >= 0.6 is 0 Å². The first-order valence-corrected chi connectivity index (χ1v) is 6.19. The quantitative estimate of drug-likeness (QED) is 0.751. The topological polar surface area (TPSA) is 56.4 Å². The van der Waals surface area contributed by atoms with Gasteiger partial charge in [0.25, 0.3) is 0 Å². The first-order valence-electron chi connectivity index (χ1n) is 6.19. The Morgan fingerprint density at radius 1 is 1.33 bits per heavy atom. The Kier molecular flexibility index (Phi) is 4.55. The molecule has 0 radical (unpaired) electrons. The number of hydrogen-bond acceptors (Lipinski definition) is 4. The monoisotopic (exact) mass is 250 g/mol. The molecule has 0 aliphatic heterocycles. The van der Waals surface area contributed by atoms with Crippen molar-refractivity contribution in [1.82, 2.24) is 9.88 Å². The lowest BCUT2D eigenvalue weighted by molar-refractivity contribution is 0.149. The predicted molar refractivity (Wildman–Crippen MR) is 69.8 cm³/mol. The number of rotatable bonds is 7. The van der Waals surface area contributed by atoms with Crippen LogP contribution in [0.2, 0.25) is 0 Å². The zero-order chi connectivity index (χ0) is 12.8. The van der Waals surface area contributed by atoms with Crippen molar-refractivity contribution in [1.29, 1.82) is 0 Å². The number of nitrogens with zero attached hydrogens (tertiary/aromatic N) is 1. The van der Waals surface area contributed by atoms with Gasteiger partial charge in [0.15, 0.2) is 5.58 Å². The van der Waals surface area contributed by atoms with Gasteiger partial charge in [0, 0.05) is 26.2 Å². The summed E-state index contributed by atoms with van der Waals surface area (Å²) in [5.41, 5.74) is 1.48. The van der Waals surface area contributed by atoms with E-state index in [0.29, 0.717) is 18.7 Å². The summed E-state index contributed by atoms with van der Waals surface area (Å²) in [6.07, 6.45) is 0. The molecule has 0 amide bonds. The third kappa shape index (κ3) is 3.00. The Morgan fingerprint density at radius 2 is 2.17 bits per heavy atom. The molecule has 1 aromatic carbocycles. The number of nitrogens with one attached hydrogen (secondary N) is 1. The molecule has 0 unspecified atom stereocenters. The van der Waals surface area contributed by atoms with Crippen molar-refractivity contribution in [2.24, 2.45) is 0 Å². The van der Waals surface area contributed by atoms with Crippen LogP contribution in [-0.4, -0.2) is 30.9 Å². The van der Waals surface area contributed by atoms with Crippen LogP contribution in [0.1, 0.15) is 6.92 Å². The molecule has 5 nitrogen and oxygen atoms in total. The number of para-hydroxylation sites is 2. The van der Waals surface area contributed by atoms with Crippen LogP contribution in [0.5, 0.6) is 0 Å². The second-order valence-corrected chi connectivity index (χ2v) is 3.93. The minimum absolute atomic E-state index is 0.303. The summed E-state index contributed by atoms with van der Waals surface area (Å²) in [4.78, 5) is 11.6. The van der Waals surface area contributed by atoms with Crippen LogP contribution in [0.25, 0.3) is 11.1 Å². The van der Waals surface area contributed by atoms with Gasteiger partial charge in [-0.2, -0.15) is 0 Å². The molecule has 1 N–H and O–H groups in total. The first-order chi connectivity index (χ1) is 8.83. The standard InChI is InChI=1S/C13H18N2O3/c1-2-17-10-8-14-7-9-15-11-5-3-4-6-12(11)18-13(15)16/h3-6,14H,2,7-10H2,1H3. The van der Waals surface area contributed by atoms with E-state index < -0.39 is 0 Å². The number of oxazole rings is 1. The Bertz CT molecular complexity index is 544. The maximum Gasteiger partial charge on any atom is 0.419 e. The zero-order valence-corrected chi connectivity index (χ0v) is 10.5. The molecule has 0 atom stereocenters. The van der Waals surface area contributed by atoms with E-state index in [1.807, 2.05) is 25.1 Å². The number of fused-ring (bicyclic) bond motifs is 1. The molecule has 0 bridgehead atoms. The van der Waals surface area contributed by atoms with Crippen LogP contribution in [0, 0.1) is 0 Å². The normalized spacial score (nSPS) is 11.2. The number of benzene rings is 1. The highest BCUT2D eigenvalue weighted by molar-refractivity contribution is 5.72. The minimum atomic E-state index is -0.303. The van der Waals surface area contributed by atoms with E-state index in [-0.39, 0.29) is 5.76 Å². The van der Waals surface area contributed by atoms with Gasteiger partial charge in [0.05, 0.1) is 12.1 Å². The molecule has 0 aliphatic rings. The third-order valence-electron chi connectivity index (χ3n) is 2.71. The predicted octanol–water partition coefficient (Wildman–Crippen LogP) is 1.22. The van der Waals surface area contributed by atoms with Crippen LogP contribution < -0.4 is 11.1 Å². The van der Waals surface area contributed by atoms with Gasteiger partial charge in [-0.25, -0.2) is 4.79 Å². The maximum atomic E-state index is 11.6. The second kappa shape index (κ2) is 6.37. The van der Waals surface area contributed by atoms with Gasteiger partial charge in [-0.1, -0.05) is 12.1 Å². The molecule has 18 heavy (non-hydrogen) atoms. The largest absolute Gasteiger partial charge is 0.419 e. The van der Waals surface area contributed by atoms with E-state index in [2.05, 4.69) is 5.32 Å². The number of hydrogen-bond donors (Lipinski definition) is 1. The molecular formula is C13H18N2O3. The van der Waals surface area contributed by atoms with Crippen molar-refractivity contribution in [2.45, 2.75) is 13.5 Å². The highest BCUT2D eigenvalue weighted by Crippen LogP contribution is 2.10. The smallest absolute Gasteiger partial charge is 0.408 e.